The first-order chi connectivity index (χ1) is 16.4. The van der Waals surface area contributed by atoms with Crippen LogP contribution in [0.4, 0.5) is 0 Å². The van der Waals surface area contributed by atoms with Crippen LogP contribution in [0.1, 0.15) is 54.6 Å². The summed E-state index contributed by atoms with van der Waals surface area (Å²) >= 11 is 1.64. The number of rotatable bonds is 4. The molecule has 2 heterocycles. The molecule has 0 N–H and O–H groups in total. The summed E-state index contributed by atoms with van der Waals surface area (Å²) in [5.41, 5.74) is 3.64. The summed E-state index contributed by atoms with van der Waals surface area (Å²) in [6.07, 6.45) is 3.22. The standard InChI is InChI=1S/C28H28N2O3S/c1-15-11-16(2)13-19(12-15)33-23-10-9-17(3)26-25(23)21(28(31)30-32)14-22(29-26)27-18(4)20-7-5-6-8-24(20)34-27/h5-10,14-16,19H,11-13H2,1-4H3/t15-,16+,19?. The molecule has 1 aliphatic rings. The number of carbonyl (C=O) groups excluding carboxylic acids is 1. The predicted molar refractivity (Wildman–Crippen MR) is 139 cm³/mol. The van der Waals surface area contributed by atoms with Crippen LogP contribution in [0.25, 0.3) is 31.6 Å². The molecule has 5 nitrogen and oxygen atoms in total. The first kappa shape index (κ1) is 22.7. The number of pyridine rings is 1. The first-order valence-electron chi connectivity index (χ1n) is 11.8. The number of ether oxygens (including phenoxy) is 1. The summed E-state index contributed by atoms with van der Waals surface area (Å²) in [5.74, 6) is 0.979. The van der Waals surface area contributed by atoms with Crippen molar-refractivity contribution in [3.63, 3.8) is 0 Å². The Hall–Kier alpha value is -3.12. The van der Waals surface area contributed by atoms with Gasteiger partial charge in [0.05, 0.1) is 33.1 Å². The van der Waals surface area contributed by atoms with Crippen LogP contribution in [0.3, 0.4) is 0 Å². The third kappa shape index (κ3) is 4.00. The van der Waals surface area contributed by atoms with E-state index in [2.05, 4.69) is 38.1 Å². The molecule has 174 valence electrons. The topological polar surface area (TPSA) is 68.6 Å². The Balaban J connectivity index is 1.69. The van der Waals surface area contributed by atoms with Crippen molar-refractivity contribution < 1.29 is 9.53 Å². The lowest BCUT2D eigenvalue weighted by molar-refractivity contribution is 0.0990. The second kappa shape index (κ2) is 8.91. The molecule has 0 saturated heterocycles. The zero-order chi connectivity index (χ0) is 24.0. The van der Waals surface area contributed by atoms with Gasteiger partial charge in [0.2, 0.25) is 0 Å². The molecular weight excluding hydrogens is 444 g/mol. The molecular formula is C28H28N2O3S. The number of nitroso groups, excluding NO2 is 1. The van der Waals surface area contributed by atoms with E-state index in [0.717, 1.165) is 33.5 Å². The average molecular weight is 473 g/mol. The van der Waals surface area contributed by atoms with Crippen molar-refractivity contribution in [1.82, 2.24) is 4.98 Å². The van der Waals surface area contributed by atoms with Gasteiger partial charge in [-0.25, -0.2) is 4.98 Å². The smallest absolute Gasteiger partial charge is 0.317 e. The molecule has 0 aliphatic heterocycles. The number of amides is 1. The monoisotopic (exact) mass is 472 g/mol. The van der Waals surface area contributed by atoms with Crippen molar-refractivity contribution in [3.05, 3.63) is 64.1 Å². The summed E-state index contributed by atoms with van der Waals surface area (Å²) in [5, 5.41) is 4.53. The van der Waals surface area contributed by atoms with Crippen LogP contribution in [0, 0.1) is 30.6 Å². The van der Waals surface area contributed by atoms with Gasteiger partial charge in [-0.1, -0.05) is 38.1 Å². The van der Waals surface area contributed by atoms with Gasteiger partial charge < -0.3 is 4.74 Å². The van der Waals surface area contributed by atoms with Crippen LogP contribution >= 0.6 is 11.3 Å². The van der Waals surface area contributed by atoms with Gasteiger partial charge in [-0.05, 0) is 79.7 Å². The highest BCUT2D eigenvalue weighted by atomic mass is 32.1. The normalized spacial score (nSPS) is 20.5. The lowest BCUT2D eigenvalue weighted by Gasteiger charge is -2.32. The lowest BCUT2D eigenvalue weighted by atomic mass is 9.82. The Kier molecular flexibility index (Phi) is 5.94. The van der Waals surface area contributed by atoms with Gasteiger partial charge >= 0.3 is 5.91 Å². The number of fused-ring (bicyclic) bond motifs is 2. The maximum atomic E-state index is 12.8. The molecule has 6 heteroatoms. The van der Waals surface area contributed by atoms with E-state index in [0.29, 0.717) is 34.2 Å². The van der Waals surface area contributed by atoms with E-state index in [9.17, 15) is 9.70 Å². The van der Waals surface area contributed by atoms with Gasteiger partial charge in [-0.2, -0.15) is 0 Å². The van der Waals surface area contributed by atoms with Crippen LogP contribution in [-0.4, -0.2) is 17.0 Å². The highest BCUT2D eigenvalue weighted by molar-refractivity contribution is 7.22. The fourth-order valence-corrected chi connectivity index (χ4v) is 6.61. The molecule has 2 aromatic heterocycles. The zero-order valence-electron chi connectivity index (χ0n) is 19.9. The van der Waals surface area contributed by atoms with E-state index in [4.69, 9.17) is 9.72 Å². The van der Waals surface area contributed by atoms with E-state index in [1.807, 2.05) is 31.2 Å². The third-order valence-corrected chi connectivity index (χ3v) is 8.24. The van der Waals surface area contributed by atoms with Crippen LogP contribution in [0.15, 0.2) is 47.6 Å². The molecule has 4 aromatic rings. The van der Waals surface area contributed by atoms with Crippen molar-refractivity contribution in [1.29, 1.82) is 0 Å². The number of aryl methyl sites for hydroxylation is 2. The molecule has 1 saturated carbocycles. The van der Waals surface area contributed by atoms with Gasteiger partial charge in [0.15, 0.2) is 0 Å². The lowest BCUT2D eigenvalue weighted by Crippen LogP contribution is -2.28. The van der Waals surface area contributed by atoms with E-state index in [1.54, 1.807) is 17.4 Å². The highest BCUT2D eigenvalue weighted by Crippen LogP contribution is 2.41. The minimum atomic E-state index is -0.798. The fourth-order valence-electron chi connectivity index (χ4n) is 5.44. The summed E-state index contributed by atoms with van der Waals surface area (Å²) in [6, 6.07) is 13.8. The van der Waals surface area contributed by atoms with Crippen LogP contribution in [0.2, 0.25) is 0 Å². The fraction of sp³-hybridized carbons (Fsp3) is 0.357. The number of hydrogen-bond acceptors (Lipinski definition) is 5. The van der Waals surface area contributed by atoms with E-state index in [-0.39, 0.29) is 11.7 Å². The van der Waals surface area contributed by atoms with E-state index < -0.39 is 5.91 Å². The van der Waals surface area contributed by atoms with Crippen molar-refractivity contribution in [2.75, 3.05) is 0 Å². The number of carbonyl (C=O) groups is 1. The SMILES string of the molecule is Cc1c(-c2cc(C(=O)N=O)c3c(OC4C[C@@H](C)C[C@@H](C)C4)ccc(C)c3n2)sc2ccccc12. The average Bonchev–Trinajstić information content (AvgIpc) is 3.16. The Bertz CT molecular complexity index is 1410. The van der Waals surface area contributed by atoms with Crippen LogP contribution in [0.5, 0.6) is 5.75 Å². The number of hydrogen-bond donors (Lipinski definition) is 0. The summed E-state index contributed by atoms with van der Waals surface area (Å²) in [6.45, 7) is 8.54. The molecule has 3 atom stereocenters. The molecule has 0 bridgehead atoms. The van der Waals surface area contributed by atoms with Crippen LogP contribution < -0.4 is 4.74 Å². The van der Waals surface area contributed by atoms with Crippen LogP contribution in [-0.2, 0) is 0 Å². The van der Waals surface area contributed by atoms with Crippen molar-refractivity contribution >= 4 is 38.2 Å². The largest absolute Gasteiger partial charge is 0.490 e. The van der Waals surface area contributed by atoms with Crippen molar-refractivity contribution in [2.24, 2.45) is 17.0 Å². The van der Waals surface area contributed by atoms with E-state index in [1.165, 1.54) is 11.8 Å². The Labute approximate surface area is 203 Å². The third-order valence-electron chi connectivity index (χ3n) is 6.94. The molecule has 0 spiro atoms. The number of nitrogens with zero attached hydrogens (tertiary/aromatic N) is 2. The van der Waals surface area contributed by atoms with E-state index >= 15 is 0 Å². The molecule has 1 unspecified atom stereocenters. The van der Waals surface area contributed by atoms with Gasteiger partial charge in [0, 0.05) is 9.88 Å². The summed E-state index contributed by atoms with van der Waals surface area (Å²) in [7, 11) is 0. The maximum absolute atomic E-state index is 12.8. The second-order valence-electron chi connectivity index (χ2n) is 9.77. The second-order valence-corrected chi connectivity index (χ2v) is 10.8. The Morgan fingerprint density at radius 3 is 2.50 bits per heavy atom. The molecule has 34 heavy (non-hydrogen) atoms. The molecule has 0 radical (unpaired) electrons. The number of benzene rings is 2. The number of aromatic nitrogens is 1. The Morgan fingerprint density at radius 2 is 1.79 bits per heavy atom. The maximum Gasteiger partial charge on any atom is 0.317 e. The quantitative estimate of drug-likeness (QED) is 0.284. The Morgan fingerprint density at radius 1 is 1.06 bits per heavy atom. The summed E-state index contributed by atoms with van der Waals surface area (Å²) < 4.78 is 7.64. The zero-order valence-corrected chi connectivity index (χ0v) is 20.7. The minimum absolute atomic E-state index is 0.0707. The molecule has 1 fully saturated rings. The highest BCUT2D eigenvalue weighted by Gasteiger charge is 2.27. The summed E-state index contributed by atoms with van der Waals surface area (Å²) in [4.78, 5) is 30.2. The molecule has 5 rings (SSSR count). The van der Waals surface area contributed by atoms with Crippen molar-refractivity contribution in [3.8, 4) is 16.3 Å². The van der Waals surface area contributed by atoms with Crippen molar-refractivity contribution in [2.45, 2.75) is 53.1 Å². The molecule has 1 amide bonds. The molecule has 1 aliphatic carbocycles. The van der Waals surface area contributed by atoms with Gasteiger partial charge in [0.25, 0.3) is 0 Å². The minimum Gasteiger partial charge on any atom is -0.490 e. The number of thiophene rings is 1. The predicted octanol–water partition coefficient (Wildman–Crippen LogP) is 7.84. The first-order valence-corrected chi connectivity index (χ1v) is 12.6. The van der Waals surface area contributed by atoms with Gasteiger partial charge in [-0.15, -0.1) is 16.2 Å². The molecule has 2 aromatic carbocycles. The van der Waals surface area contributed by atoms with Gasteiger partial charge in [0.1, 0.15) is 5.75 Å². The van der Waals surface area contributed by atoms with Gasteiger partial charge in [-0.3, -0.25) is 4.79 Å².